The number of fused-ring (bicyclic) bond motifs is 1. The van der Waals surface area contributed by atoms with E-state index in [2.05, 4.69) is 47.2 Å². The van der Waals surface area contributed by atoms with Crippen molar-refractivity contribution >= 4 is 11.5 Å². The van der Waals surface area contributed by atoms with E-state index in [1.807, 2.05) is 36.7 Å². The molecule has 5 rings (SSSR count). The number of piperidine rings is 1. The van der Waals surface area contributed by atoms with Crippen molar-refractivity contribution in [1.29, 1.82) is 0 Å². The normalized spacial score (nSPS) is 15.7. The van der Waals surface area contributed by atoms with Gasteiger partial charge in [-0.05, 0) is 46.0 Å². The van der Waals surface area contributed by atoms with Crippen molar-refractivity contribution in [3.8, 4) is 22.4 Å². The van der Waals surface area contributed by atoms with Gasteiger partial charge in [0, 0.05) is 34.4 Å². The lowest BCUT2D eigenvalue weighted by Gasteiger charge is -2.29. The Morgan fingerprint density at radius 3 is 2.43 bits per heavy atom. The number of hydrogen-bond donors (Lipinski definition) is 1. The number of anilines is 1. The summed E-state index contributed by atoms with van der Waals surface area (Å²) in [6.07, 6.45) is 5.95. The quantitative estimate of drug-likeness (QED) is 0.561. The maximum absolute atomic E-state index is 6.48. The Morgan fingerprint density at radius 2 is 1.73 bits per heavy atom. The van der Waals surface area contributed by atoms with Crippen LogP contribution in [0.25, 0.3) is 28.0 Å². The Labute approximate surface area is 176 Å². The molecule has 0 unspecified atom stereocenters. The van der Waals surface area contributed by atoms with Gasteiger partial charge in [-0.1, -0.05) is 36.4 Å². The fraction of sp³-hybridized carbons (Fsp3) is 0.292. The van der Waals surface area contributed by atoms with Crippen LogP contribution in [0, 0.1) is 6.92 Å². The molecular weight excluding hydrogens is 372 g/mol. The average Bonchev–Trinajstić information content (AvgIpc) is 3.22. The summed E-state index contributed by atoms with van der Waals surface area (Å²) in [5.41, 5.74) is 13.5. The second-order valence-electron chi connectivity index (χ2n) is 8.18. The van der Waals surface area contributed by atoms with Crippen LogP contribution >= 0.6 is 0 Å². The van der Waals surface area contributed by atoms with Gasteiger partial charge < -0.3 is 10.6 Å². The highest BCUT2D eigenvalue weighted by atomic mass is 15.3. The van der Waals surface area contributed by atoms with E-state index in [9.17, 15) is 0 Å². The summed E-state index contributed by atoms with van der Waals surface area (Å²) >= 11 is 0. The largest absolute Gasteiger partial charge is 0.383 e. The first-order valence-corrected chi connectivity index (χ1v) is 10.5. The molecule has 1 aliphatic rings. The lowest BCUT2D eigenvalue weighted by Crippen LogP contribution is -2.30. The number of nitrogens with zero attached hydrogens (tertiary/aromatic N) is 5. The first kappa shape index (κ1) is 18.8. The van der Waals surface area contributed by atoms with Crippen LogP contribution in [0.15, 0.2) is 54.9 Å². The van der Waals surface area contributed by atoms with E-state index in [-0.39, 0.29) is 0 Å². The fourth-order valence-corrected chi connectivity index (χ4v) is 4.33. The second-order valence-corrected chi connectivity index (χ2v) is 8.18. The van der Waals surface area contributed by atoms with Gasteiger partial charge >= 0.3 is 0 Å². The van der Waals surface area contributed by atoms with Crippen LogP contribution in [0.2, 0.25) is 0 Å². The van der Waals surface area contributed by atoms with Crippen molar-refractivity contribution in [3.05, 3.63) is 66.1 Å². The van der Waals surface area contributed by atoms with Gasteiger partial charge in [-0.2, -0.15) is 9.61 Å². The molecule has 1 fully saturated rings. The van der Waals surface area contributed by atoms with Gasteiger partial charge in [0.15, 0.2) is 5.65 Å². The highest BCUT2D eigenvalue weighted by Gasteiger charge is 2.24. The summed E-state index contributed by atoms with van der Waals surface area (Å²) in [6, 6.07) is 14.3. The van der Waals surface area contributed by atoms with Crippen molar-refractivity contribution < 1.29 is 0 Å². The first-order valence-electron chi connectivity index (χ1n) is 10.5. The van der Waals surface area contributed by atoms with E-state index in [1.165, 1.54) is 0 Å². The van der Waals surface area contributed by atoms with Gasteiger partial charge in [0.1, 0.15) is 5.82 Å². The Kier molecular flexibility index (Phi) is 4.71. The summed E-state index contributed by atoms with van der Waals surface area (Å²) in [5.74, 6) is 1.11. The minimum absolute atomic E-state index is 0.440. The van der Waals surface area contributed by atoms with Crippen molar-refractivity contribution in [1.82, 2.24) is 24.5 Å². The molecule has 0 bridgehead atoms. The number of pyridine rings is 1. The topological polar surface area (TPSA) is 72.3 Å². The monoisotopic (exact) mass is 398 g/mol. The second kappa shape index (κ2) is 7.54. The maximum atomic E-state index is 6.48. The first-order chi connectivity index (χ1) is 14.6. The van der Waals surface area contributed by atoms with Gasteiger partial charge in [-0.15, -0.1) is 0 Å². The number of nitrogen functional groups attached to an aromatic ring is 1. The molecule has 0 atom stereocenters. The van der Waals surface area contributed by atoms with Crippen LogP contribution in [-0.2, 0) is 0 Å². The Bertz CT molecular complexity index is 1170. The van der Waals surface area contributed by atoms with Gasteiger partial charge in [-0.25, -0.2) is 4.98 Å². The van der Waals surface area contributed by atoms with E-state index < -0.39 is 0 Å². The Hall–Kier alpha value is -3.25. The van der Waals surface area contributed by atoms with Gasteiger partial charge in [0.05, 0.1) is 17.6 Å². The molecule has 6 nitrogen and oxygen atoms in total. The number of likely N-dealkylation sites (tertiary alicyclic amines) is 1. The third-order valence-corrected chi connectivity index (χ3v) is 6.22. The number of benzene rings is 1. The third-order valence-electron chi connectivity index (χ3n) is 6.22. The predicted octanol–water partition coefficient (Wildman–Crippen LogP) is 4.16. The fourth-order valence-electron chi connectivity index (χ4n) is 4.33. The molecule has 1 aromatic carbocycles. The molecule has 1 aliphatic heterocycles. The lowest BCUT2D eigenvalue weighted by molar-refractivity contribution is 0.253. The standard InChI is InChI=1S/C24H26N6/c1-16-22(18-10-12-29(2)13-11-18)28-24-20(15-27-30(24)23(16)25)19-8-9-21(26-14-19)17-6-4-3-5-7-17/h3-9,14-15,18H,10-13,25H2,1-2H3. The minimum Gasteiger partial charge on any atom is -0.383 e. The van der Waals surface area contributed by atoms with E-state index in [1.54, 1.807) is 4.52 Å². The number of hydrogen-bond acceptors (Lipinski definition) is 5. The minimum atomic E-state index is 0.440. The molecule has 1 saturated heterocycles. The molecule has 4 heterocycles. The molecule has 30 heavy (non-hydrogen) atoms. The van der Waals surface area contributed by atoms with E-state index in [0.717, 1.165) is 65.2 Å². The molecule has 3 aromatic heterocycles. The molecule has 0 radical (unpaired) electrons. The van der Waals surface area contributed by atoms with Crippen molar-refractivity contribution in [3.63, 3.8) is 0 Å². The summed E-state index contributed by atoms with van der Waals surface area (Å²) in [7, 11) is 2.18. The average molecular weight is 399 g/mol. The van der Waals surface area contributed by atoms with Crippen LogP contribution in [0.4, 0.5) is 5.82 Å². The van der Waals surface area contributed by atoms with Crippen molar-refractivity contribution in [2.45, 2.75) is 25.7 Å². The predicted molar refractivity (Wildman–Crippen MR) is 120 cm³/mol. The van der Waals surface area contributed by atoms with Gasteiger partial charge in [0.25, 0.3) is 0 Å². The molecular formula is C24H26N6. The van der Waals surface area contributed by atoms with E-state index in [0.29, 0.717) is 11.7 Å². The Morgan fingerprint density at radius 1 is 0.967 bits per heavy atom. The zero-order valence-corrected chi connectivity index (χ0v) is 17.4. The maximum Gasteiger partial charge on any atom is 0.165 e. The zero-order valence-electron chi connectivity index (χ0n) is 17.4. The van der Waals surface area contributed by atoms with Crippen LogP contribution in [0.5, 0.6) is 0 Å². The summed E-state index contributed by atoms with van der Waals surface area (Å²) < 4.78 is 1.76. The molecule has 2 N–H and O–H groups in total. The molecule has 0 spiro atoms. The summed E-state index contributed by atoms with van der Waals surface area (Å²) in [5, 5.41) is 4.53. The lowest BCUT2D eigenvalue weighted by atomic mass is 9.91. The number of nitrogens with two attached hydrogens (primary N) is 1. The highest BCUT2D eigenvalue weighted by molar-refractivity contribution is 5.79. The van der Waals surface area contributed by atoms with Crippen molar-refractivity contribution in [2.24, 2.45) is 0 Å². The highest BCUT2D eigenvalue weighted by Crippen LogP contribution is 2.33. The van der Waals surface area contributed by atoms with E-state index >= 15 is 0 Å². The Balaban J connectivity index is 1.55. The van der Waals surface area contributed by atoms with E-state index in [4.69, 9.17) is 10.7 Å². The van der Waals surface area contributed by atoms with Gasteiger partial charge in [0.2, 0.25) is 0 Å². The van der Waals surface area contributed by atoms with Crippen molar-refractivity contribution in [2.75, 3.05) is 25.9 Å². The van der Waals surface area contributed by atoms with Crippen LogP contribution in [-0.4, -0.2) is 44.6 Å². The molecule has 0 amide bonds. The number of rotatable bonds is 3. The smallest absolute Gasteiger partial charge is 0.165 e. The molecule has 0 aliphatic carbocycles. The number of aromatic nitrogens is 4. The molecule has 152 valence electrons. The molecule has 6 heteroatoms. The third kappa shape index (κ3) is 3.23. The molecule has 4 aromatic rings. The summed E-state index contributed by atoms with van der Waals surface area (Å²) in [6.45, 7) is 4.24. The summed E-state index contributed by atoms with van der Waals surface area (Å²) in [4.78, 5) is 12.1. The van der Waals surface area contributed by atoms with Gasteiger partial charge in [-0.3, -0.25) is 4.98 Å². The molecule has 0 saturated carbocycles. The SMILES string of the molecule is Cc1c(C2CCN(C)CC2)nc2c(-c3ccc(-c4ccccc4)nc3)cnn2c1N. The zero-order chi connectivity index (χ0) is 20.7. The van der Waals surface area contributed by atoms with Crippen LogP contribution in [0.1, 0.15) is 30.0 Å². The van der Waals surface area contributed by atoms with Crippen LogP contribution in [0.3, 0.4) is 0 Å². The van der Waals surface area contributed by atoms with Crippen LogP contribution < -0.4 is 5.73 Å².